The third-order valence-corrected chi connectivity index (χ3v) is 0.701. The van der Waals surface area contributed by atoms with Crippen molar-refractivity contribution in [2.75, 3.05) is 7.11 Å². The number of carbonyl (C=O) groups is 1. The minimum Gasteiger partial charge on any atom is -1.00 e. The van der Waals surface area contributed by atoms with Gasteiger partial charge in [-0.25, -0.2) is 4.79 Å². The van der Waals surface area contributed by atoms with Crippen molar-refractivity contribution in [1.82, 2.24) is 0 Å². The third-order valence-electron chi connectivity index (χ3n) is 0.701. The molecule has 0 aliphatic rings. The van der Waals surface area contributed by atoms with Crippen LogP contribution in [0.5, 0.6) is 0 Å². The molecule has 0 radical (unpaired) electrons. The first-order chi connectivity index (χ1) is 3.18. The van der Waals surface area contributed by atoms with E-state index in [4.69, 9.17) is 5.11 Å². The molecule has 0 bridgehead atoms. The van der Waals surface area contributed by atoms with Gasteiger partial charge in [-0.05, 0) is 6.92 Å². The normalized spacial score (nSPS) is 11.8. The van der Waals surface area contributed by atoms with Gasteiger partial charge >= 0.3 is 35.5 Å². The minimum atomic E-state index is -0.928. The first kappa shape index (κ1) is 11.3. The largest absolute Gasteiger partial charge is 1.00 e. The van der Waals surface area contributed by atoms with Crippen molar-refractivity contribution in [3.8, 4) is 0 Å². The van der Waals surface area contributed by atoms with Crippen LogP contribution in [0.4, 0.5) is 0 Å². The van der Waals surface area contributed by atoms with Gasteiger partial charge in [0.2, 0.25) is 0 Å². The van der Waals surface area contributed by atoms with Gasteiger partial charge in [0.1, 0.15) is 0 Å². The SMILES string of the molecule is COC(C)C(=O)O.[H-].[Na+]. The second-order valence-corrected chi connectivity index (χ2v) is 1.22. The Labute approximate surface area is 71.8 Å². The van der Waals surface area contributed by atoms with Crippen molar-refractivity contribution < 1.29 is 45.6 Å². The molecular formula is C4H9NaO3. The maximum atomic E-state index is 9.81. The zero-order valence-electron chi connectivity index (χ0n) is 6.34. The quantitative estimate of drug-likeness (QED) is 0.409. The average molecular weight is 128 g/mol. The van der Waals surface area contributed by atoms with Gasteiger partial charge in [0, 0.05) is 7.11 Å². The molecule has 0 saturated heterocycles. The summed E-state index contributed by atoms with van der Waals surface area (Å²) < 4.78 is 4.41. The minimum absolute atomic E-state index is 0. The second kappa shape index (κ2) is 5.56. The fraction of sp³-hybridized carbons (Fsp3) is 0.750. The molecular weight excluding hydrogens is 119 g/mol. The number of methoxy groups -OCH3 is 1. The molecule has 1 N–H and O–H groups in total. The molecule has 8 heavy (non-hydrogen) atoms. The summed E-state index contributed by atoms with van der Waals surface area (Å²) in [6.07, 6.45) is -0.681. The molecule has 44 valence electrons. The molecule has 0 aromatic rings. The molecule has 0 aliphatic heterocycles. The number of rotatable bonds is 2. The maximum absolute atomic E-state index is 9.81. The van der Waals surface area contributed by atoms with E-state index in [1.54, 1.807) is 0 Å². The molecule has 0 amide bonds. The Balaban J connectivity index is -0.000000180. The van der Waals surface area contributed by atoms with E-state index in [9.17, 15) is 4.79 Å². The molecule has 0 saturated carbocycles. The molecule has 4 heteroatoms. The van der Waals surface area contributed by atoms with Crippen LogP contribution in [0.2, 0.25) is 0 Å². The van der Waals surface area contributed by atoms with E-state index in [0.717, 1.165) is 0 Å². The molecule has 1 unspecified atom stereocenters. The van der Waals surface area contributed by atoms with Crippen molar-refractivity contribution in [2.45, 2.75) is 13.0 Å². The topological polar surface area (TPSA) is 46.5 Å². The molecule has 3 nitrogen and oxygen atoms in total. The van der Waals surface area contributed by atoms with Gasteiger partial charge < -0.3 is 11.3 Å². The van der Waals surface area contributed by atoms with Crippen LogP contribution < -0.4 is 29.6 Å². The van der Waals surface area contributed by atoms with Gasteiger partial charge in [-0.15, -0.1) is 0 Å². The van der Waals surface area contributed by atoms with Crippen molar-refractivity contribution in [1.29, 1.82) is 0 Å². The summed E-state index contributed by atoms with van der Waals surface area (Å²) in [6, 6.07) is 0. The van der Waals surface area contributed by atoms with E-state index in [2.05, 4.69) is 4.74 Å². The average Bonchev–Trinajstić information content (AvgIpc) is 1.65. The van der Waals surface area contributed by atoms with E-state index >= 15 is 0 Å². The van der Waals surface area contributed by atoms with Crippen molar-refractivity contribution >= 4 is 5.97 Å². The van der Waals surface area contributed by atoms with Crippen LogP contribution in [-0.2, 0) is 9.53 Å². The molecule has 0 fully saturated rings. The summed E-state index contributed by atoms with van der Waals surface area (Å²) >= 11 is 0. The smallest absolute Gasteiger partial charge is 1.00 e. The molecule has 0 rings (SSSR count). The van der Waals surface area contributed by atoms with Crippen LogP contribution in [0.3, 0.4) is 0 Å². The maximum Gasteiger partial charge on any atom is 1.00 e. The Morgan fingerprint density at radius 1 is 1.88 bits per heavy atom. The number of ether oxygens (including phenoxy) is 1. The first-order valence-electron chi connectivity index (χ1n) is 1.94. The second-order valence-electron chi connectivity index (χ2n) is 1.22. The Kier molecular flexibility index (Phi) is 7.83. The van der Waals surface area contributed by atoms with Crippen molar-refractivity contribution in [3.05, 3.63) is 0 Å². The summed E-state index contributed by atoms with van der Waals surface area (Å²) in [4.78, 5) is 9.81. The number of carboxylic acids is 1. The van der Waals surface area contributed by atoms with Crippen LogP contribution >= 0.6 is 0 Å². The molecule has 0 aromatic heterocycles. The zero-order chi connectivity index (χ0) is 5.86. The Bertz CT molecular complexity index is 78.2. The summed E-state index contributed by atoms with van der Waals surface area (Å²) in [5.41, 5.74) is 0. The summed E-state index contributed by atoms with van der Waals surface area (Å²) in [7, 11) is 1.36. The van der Waals surface area contributed by atoms with Crippen molar-refractivity contribution in [2.24, 2.45) is 0 Å². The molecule has 1 atom stereocenters. The molecule has 0 aromatic carbocycles. The van der Waals surface area contributed by atoms with E-state index < -0.39 is 12.1 Å². The summed E-state index contributed by atoms with van der Waals surface area (Å²) in [5, 5.41) is 8.06. The third kappa shape index (κ3) is 4.59. The fourth-order valence-corrected chi connectivity index (χ4v) is 0.101. The van der Waals surface area contributed by atoms with E-state index in [0.29, 0.717) is 0 Å². The standard InChI is InChI=1S/C4H8O3.Na.H/c1-3(7-2)4(5)6;;/h3H,1-2H3,(H,5,6);;/q;+1;-1. The number of carboxylic acid groups (broad SMARTS) is 1. The first-order valence-corrected chi connectivity index (χ1v) is 1.94. The van der Waals surface area contributed by atoms with Gasteiger partial charge in [0.05, 0.1) is 0 Å². The van der Waals surface area contributed by atoms with Gasteiger partial charge in [-0.2, -0.15) is 0 Å². The van der Waals surface area contributed by atoms with Crippen molar-refractivity contribution in [3.63, 3.8) is 0 Å². The van der Waals surface area contributed by atoms with E-state index in [1.165, 1.54) is 14.0 Å². The monoisotopic (exact) mass is 128 g/mol. The molecule has 0 aliphatic carbocycles. The van der Waals surface area contributed by atoms with E-state index in [1.807, 2.05) is 0 Å². The van der Waals surface area contributed by atoms with Gasteiger partial charge in [0.15, 0.2) is 6.10 Å². The van der Waals surface area contributed by atoms with Crippen LogP contribution in [0.1, 0.15) is 8.35 Å². The molecule has 0 heterocycles. The fourth-order valence-electron chi connectivity index (χ4n) is 0.101. The number of hydrogen-bond acceptors (Lipinski definition) is 2. The predicted octanol–water partition coefficient (Wildman–Crippen LogP) is -2.78. The van der Waals surface area contributed by atoms with Gasteiger partial charge in [-0.1, -0.05) is 0 Å². The van der Waals surface area contributed by atoms with Crippen LogP contribution in [0.25, 0.3) is 0 Å². The van der Waals surface area contributed by atoms with E-state index in [-0.39, 0.29) is 31.0 Å². The number of hydrogen-bond donors (Lipinski definition) is 1. The number of aliphatic carboxylic acids is 1. The predicted molar refractivity (Wildman–Crippen MR) is 25.2 cm³/mol. The Morgan fingerprint density at radius 3 is 2.25 bits per heavy atom. The Hall–Kier alpha value is 0.430. The van der Waals surface area contributed by atoms with Crippen LogP contribution in [0.15, 0.2) is 0 Å². The van der Waals surface area contributed by atoms with Crippen LogP contribution in [-0.4, -0.2) is 24.3 Å². The van der Waals surface area contributed by atoms with Crippen LogP contribution in [0, 0.1) is 0 Å². The molecule has 0 spiro atoms. The summed E-state index contributed by atoms with van der Waals surface area (Å²) in [6.45, 7) is 1.47. The zero-order valence-corrected chi connectivity index (χ0v) is 7.34. The van der Waals surface area contributed by atoms with Gasteiger partial charge in [0.25, 0.3) is 0 Å². The Morgan fingerprint density at radius 2 is 2.25 bits per heavy atom. The van der Waals surface area contributed by atoms with Gasteiger partial charge in [-0.3, -0.25) is 0 Å². The summed E-state index contributed by atoms with van der Waals surface area (Å²) in [5.74, 6) is -0.928.